The summed E-state index contributed by atoms with van der Waals surface area (Å²) >= 11 is 0. The van der Waals surface area contributed by atoms with E-state index in [0.717, 1.165) is 0 Å². The lowest BCUT2D eigenvalue weighted by Crippen LogP contribution is -2.04. The van der Waals surface area contributed by atoms with E-state index in [1.165, 1.54) is 6.33 Å². The summed E-state index contributed by atoms with van der Waals surface area (Å²) in [6.07, 6.45) is 1.36. The molecule has 0 spiro atoms. The van der Waals surface area contributed by atoms with E-state index >= 15 is 0 Å². The third kappa shape index (κ3) is 2.26. The summed E-state index contributed by atoms with van der Waals surface area (Å²) in [5.74, 6) is 0.867. The van der Waals surface area contributed by atoms with Gasteiger partial charge in [0.1, 0.15) is 12.0 Å². The molecular formula is C7H15N5. The van der Waals surface area contributed by atoms with E-state index in [9.17, 15) is 0 Å². The number of nitrogens with zero attached hydrogens (tertiary/aromatic N) is 2. The zero-order chi connectivity index (χ0) is 9.56. The highest BCUT2D eigenvalue weighted by Crippen LogP contribution is 2.17. The van der Waals surface area contributed by atoms with Crippen LogP contribution in [0.5, 0.6) is 0 Å². The Bertz CT molecular complexity index is 235. The van der Waals surface area contributed by atoms with Crippen LogP contribution in [0, 0.1) is 0 Å². The standard InChI is InChI=1S/C5H9N5.C2H6/c1-8-5-3(6)4(7)9-2-10-5;1-2/h2H,6H2,1H3,(H3,7,8,9,10);1-2H3. The maximum Gasteiger partial charge on any atom is 0.154 e. The van der Waals surface area contributed by atoms with E-state index in [0.29, 0.717) is 17.3 Å². The zero-order valence-corrected chi connectivity index (χ0v) is 7.63. The molecule has 0 aliphatic carbocycles. The van der Waals surface area contributed by atoms with E-state index < -0.39 is 0 Å². The molecule has 1 heterocycles. The van der Waals surface area contributed by atoms with Gasteiger partial charge in [-0.2, -0.15) is 0 Å². The first-order valence-corrected chi connectivity index (χ1v) is 3.79. The van der Waals surface area contributed by atoms with Crippen molar-refractivity contribution in [2.24, 2.45) is 0 Å². The van der Waals surface area contributed by atoms with E-state index in [1.54, 1.807) is 7.05 Å². The van der Waals surface area contributed by atoms with Crippen LogP contribution < -0.4 is 16.8 Å². The van der Waals surface area contributed by atoms with Gasteiger partial charge in [-0.3, -0.25) is 0 Å². The van der Waals surface area contributed by atoms with Gasteiger partial charge in [-0.15, -0.1) is 0 Å². The number of hydrogen-bond donors (Lipinski definition) is 3. The van der Waals surface area contributed by atoms with Crippen LogP contribution >= 0.6 is 0 Å². The number of anilines is 3. The minimum atomic E-state index is 0.305. The van der Waals surface area contributed by atoms with Gasteiger partial charge in [0.05, 0.1) is 0 Å². The lowest BCUT2D eigenvalue weighted by molar-refractivity contribution is 1.17. The Balaban J connectivity index is 0.000000561. The molecule has 0 fully saturated rings. The highest BCUT2D eigenvalue weighted by atomic mass is 15.0. The fraction of sp³-hybridized carbons (Fsp3) is 0.429. The molecule has 0 amide bonds. The largest absolute Gasteiger partial charge is 0.393 e. The van der Waals surface area contributed by atoms with Gasteiger partial charge in [0.15, 0.2) is 11.6 Å². The van der Waals surface area contributed by atoms with Gasteiger partial charge in [0.25, 0.3) is 0 Å². The summed E-state index contributed by atoms with van der Waals surface area (Å²) in [5.41, 5.74) is 11.3. The van der Waals surface area contributed by atoms with Crippen molar-refractivity contribution in [3.8, 4) is 0 Å². The Morgan fingerprint density at radius 1 is 1.25 bits per heavy atom. The van der Waals surface area contributed by atoms with Crippen molar-refractivity contribution >= 4 is 17.3 Å². The van der Waals surface area contributed by atoms with Gasteiger partial charge in [-0.1, -0.05) is 13.8 Å². The molecule has 0 aliphatic heterocycles. The summed E-state index contributed by atoms with van der Waals surface area (Å²) < 4.78 is 0. The Morgan fingerprint density at radius 2 is 1.83 bits per heavy atom. The molecule has 1 rings (SSSR count). The molecular weight excluding hydrogens is 154 g/mol. The quantitative estimate of drug-likeness (QED) is 0.576. The number of hydrogen-bond acceptors (Lipinski definition) is 5. The van der Waals surface area contributed by atoms with Crippen molar-refractivity contribution in [2.75, 3.05) is 23.8 Å². The predicted octanol–water partition coefficient (Wildman–Crippen LogP) is 0.709. The predicted molar refractivity (Wildman–Crippen MR) is 51.8 cm³/mol. The molecule has 0 radical (unpaired) electrons. The van der Waals surface area contributed by atoms with Gasteiger partial charge < -0.3 is 16.8 Å². The monoisotopic (exact) mass is 169 g/mol. The van der Waals surface area contributed by atoms with Crippen LogP contribution in [0.25, 0.3) is 0 Å². The molecule has 68 valence electrons. The van der Waals surface area contributed by atoms with Crippen molar-refractivity contribution in [3.63, 3.8) is 0 Å². The molecule has 1 aromatic rings. The molecule has 5 nitrogen and oxygen atoms in total. The molecule has 0 bridgehead atoms. The van der Waals surface area contributed by atoms with Crippen LogP contribution in [0.1, 0.15) is 13.8 Å². The highest BCUT2D eigenvalue weighted by molar-refractivity contribution is 5.71. The van der Waals surface area contributed by atoms with Crippen molar-refractivity contribution in [1.82, 2.24) is 9.97 Å². The topological polar surface area (TPSA) is 89.8 Å². The highest BCUT2D eigenvalue weighted by Gasteiger charge is 2.00. The molecule has 0 atom stereocenters. The average molecular weight is 169 g/mol. The molecule has 5 N–H and O–H groups in total. The second-order valence-electron chi connectivity index (χ2n) is 1.77. The molecule has 12 heavy (non-hydrogen) atoms. The SMILES string of the molecule is CC.CNc1ncnc(N)c1N. The normalized spacial score (nSPS) is 8.25. The van der Waals surface area contributed by atoms with Gasteiger partial charge >= 0.3 is 0 Å². The Labute approximate surface area is 72.2 Å². The smallest absolute Gasteiger partial charge is 0.154 e. The fourth-order valence-corrected chi connectivity index (χ4v) is 0.608. The molecule has 0 aliphatic rings. The van der Waals surface area contributed by atoms with Crippen molar-refractivity contribution in [3.05, 3.63) is 6.33 Å². The third-order valence-corrected chi connectivity index (χ3v) is 1.15. The fourth-order valence-electron chi connectivity index (χ4n) is 0.608. The Kier molecular flexibility index (Phi) is 4.52. The summed E-state index contributed by atoms with van der Waals surface area (Å²) in [6.45, 7) is 4.00. The number of nitrogen functional groups attached to an aromatic ring is 2. The maximum absolute atomic E-state index is 5.48. The summed E-state index contributed by atoms with van der Waals surface area (Å²) in [5, 5.41) is 2.78. The molecule has 0 unspecified atom stereocenters. The van der Waals surface area contributed by atoms with Crippen molar-refractivity contribution in [2.45, 2.75) is 13.8 Å². The van der Waals surface area contributed by atoms with Crippen molar-refractivity contribution in [1.29, 1.82) is 0 Å². The summed E-state index contributed by atoms with van der Waals surface area (Å²) in [4.78, 5) is 7.52. The van der Waals surface area contributed by atoms with Gasteiger partial charge in [-0.05, 0) is 0 Å². The van der Waals surface area contributed by atoms with Crippen LogP contribution in [-0.4, -0.2) is 17.0 Å². The minimum Gasteiger partial charge on any atom is -0.393 e. The van der Waals surface area contributed by atoms with Crippen LogP contribution in [0.2, 0.25) is 0 Å². The molecule has 1 aromatic heterocycles. The Morgan fingerprint density at radius 3 is 2.25 bits per heavy atom. The maximum atomic E-state index is 5.48. The Hall–Kier alpha value is -1.52. The van der Waals surface area contributed by atoms with E-state index in [1.807, 2.05) is 13.8 Å². The molecule has 0 aromatic carbocycles. The number of nitrogens with two attached hydrogens (primary N) is 2. The number of rotatable bonds is 1. The van der Waals surface area contributed by atoms with E-state index in [2.05, 4.69) is 15.3 Å². The lowest BCUT2D eigenvalue weighted by Gasteiger charge is -2.03. The van der Waals surface area contributed by atoms with E-state index in [-0.39, 0.29) is 0 Å². The van der Waals surface area contributed by atoms with Crippen LogP contribution in [-0.2, 0) is 0 Å². The number of nitrogens with one attached hydrogen (secondary N) is 1. The first-order valence-electron chi connectivity index (χ1n) is 3.79. The second kappa shape index (κ2) is 5.17. The minimum absolute atomic E-state index is 0.305. The van der Waals surface area contributed by atoms with Gasteiger partial charge in [0, 0.05) is 7.05 Å². The first kappa shape index (κ1) is 10.5. The number of aromatic nitrogens is 2. The molecule has 5 heteroatoms. The van der Waals surface area contributed by atoms with Crippen LogP contribution in [0.4, 0.5) is 17.3 Å². The molecule has 0 saturated heterocycles. The third-order valence-electron chi connectivity index (χ3n) is 1.15. The second-order valence-corrected chi connectivity index (χ2v) is 1.77. The van der Waals surface area contributed by atoms with Crippen LogP contribution in [0.3, 0.4) is 0 Å². The van der Waals surface area contributed by atoms with E-state index in [4.69, 9.17) is 11.5 Å². The van der Waals surface area contributed by atoms with Crippen LogP contribution in [0.15, 0.2) is 6.33 Å². The first-order chi connectivity index (χ1) is 5.75. The average Bonchev–Trinajstić information content (AvgIpc) is 2.13. The van der Waals surface area contributed by atoms with Gasteiger partial charge in [0.2, 0.25) is 0 Å². The lowest BCUT2D eigenvalue weighted by atomic mass is 10.4. The molecule has 0 saturated carbocycles. The summed E-state index contributed by atoms with van der Waals surface area (Å²) in [7, 11) is 1.72. The van der Waals surface area contributed by atoms with Gasteiger partial charge in [-0.25, -0.2) is 9.97 Å². The van der Waals surface area contributed by atoms with Crippen molar-refractivity contribution < 1.29 is 0 Å². The zero-order valence-electron chi connectivity index (χ0n) is 7.63. The summed E-state index contributed by atoms with van der Waals surface area (Å²) in [6, 6.07) is 0.